The molecule has 1 saturated heterocycles. The summed E-state index contributed by atoms with van der Waals surface area (Å²) >= 11 is 0. The van der Waals surface area contributed by atoms with Crippen molar-refractivity contribution in [3.05, 3.63) is 41.6 Å². The highest BCUT2D eigenvalue weighted by Crippen LogP contribution is 2.24. The molecule has 116 valence electrons. The zero-order valence-electron chi connectivity index (χ0n) is 12.2. The fourth-order valence-electron chi connectivity index (χ4n) is 2.70. The standard InChI is InChI=1S/C16H16F2N2O2/c1-10-3-2-6-20(9-10)16(21)14-8-15(22-19-14)11-4-5-12(17)13(18)7-11/h4-5,7-8,10H,2-3,6,9H2,1H3. The van der Waals surface area contributed by atoms with Gasteiger partial charge in [0.25, 0.3) is 5.91 Å². The Morgan fingerprint density at radius 3 is 2.86 bits per heavy atom. The third-order valence-corrected chi connectivity index (χ3v) is 3.88. The maximum Gasteiger partial charge on any atom is 0.276 e. The first-order valence-corrected chi connectivity index (χ1v) is 7.26. The van der Waals surface area contributed by atoms with Gasteiger partial charge in [0, 0.05) is 24.7 Å². The maximum atomic E-state index is 13.3. The van der Waals surface area contributed by atoms with Crippen molar-refractivity contribution in [2.24, 2.45) is 5.92 Å². The molecular weight excluding hydrogens is 290 g/mol. The molecule has 1 atom stereocenters. The van der Waals surface area contributed by atoms with Gasteiger partial charge in [-0.3, -0.25) is 4.79 Å². The van der Waals surface area contributed by atoms with Gasteiger partial charge in [0.15, 0.2) is 23.1 Å². The maximum absolute atomic E-state index is 13.3. The molecule has 0 spiro atoms. The molecule has 1 aromatic heterocycles. The Balaban J connectivity index is 1.81. The van der Waals surface area contributed by atoms with Gasteiger partial charge < -0.3 is 9.42 Å². The third-order valence-electron chi connectivity index (χ3n) is 3.88. The van der Waals surface area contributed by atoms with E-state index in [9.17, 15) is 13.6 Å². The molecule has 6 heteroatoms. The highest BCUT2D eigenvalue weighted by molar-refractivity contribution is 5.93. The van der Waals surface area contributed by atoms with Gasteiger partial charge in [0.05, 0.1) is 0 Å². The third kappa shape index (κ3) is 2.86. The van der Waals surface area contributed by atoms with Crippen LogP contribution in [-0.4, -0.2) is 29.1 Å². The Hall–Kier alpha value is -2.24. The zero-order valence-corrected chi connectivity index (χ0v) is 12.2. The minimum absolute atomic E-state index is 0.189. The van der Waals surface area contributed by atoms with E-state index < -0.39 is 11.6 Å². The SMILES string of the molecule is CC1CCCN(C(=O)c2cc(-c3ccc(F)c(F)c3)on2)C1. The number of benzene rings is 1. The molecule has 0 aliphatic carbocycles. The van der Waals surface area contributed by atoms with Crippen molar-refractivity contribution in [2.45, 2.75) is 19.8 Å². The van der Waals surface area contributed by atoms with Gasteiger partial charge in [-0.15, -0.1) is 0 Å². The fourth-order valence-corrected chi connectivity index (χ4v) is 2.70. The number of carbonyl (C=O) groups excluding carboxylic acids is 1. The van der Waals surface area contributed by atoms with E-state index in [1.807, 2.05) is 0 Å². The number of piperidine rings is 1. The first kappa shape index (κ1) is 14.7. The van der Waals surface area contributed by atoms with Crippen molar-refractivity contribution in [1.29, 1.82) is 0 Å². The normalized spacial score (nSPS) is 18.5. The molecule has 1 aliphatic heterocycles. The molecule has 1 fully saturated rings. The second kappa shape index (κ2) is 5.87. The van der Waals surface area contributed by atoms with E-state index in [4.69, 9.17) is 4.52 Å². The highest BCUT2D eigenvalue weighted by atomic mass is 19.2. The van der Waals surface area contributed by atoms with Crippen LogP contribution in [0, 0.1) is 17.6 Å². The molecule has 0 saturated carbocycles. The average Bonchev–Trinajstić information content (AvgIpc) is 2.99. The van der Waals surface area contributed by atoms with Crippen LogP contribution in [0.1, 0.15) is 30.3 Å². The number of amides is 1. The minimum Gasteiger partial charge on any atom is -0.355 e. The molecular formula is C16H16F2N2O2. The Labute approximate surface area is 126 Å². The molecule has 1 amide bonds. The number of halogens is 2. The predicted molar refractivity (Wildman–Crippen MR) is 76.2 cm³/mol. The van der Waals surface area contributed by atoms with Crippen LogP contribution in [0.25, 0.3) is 11.3 Å². The van der Waals surface area contributed by atoms with Crippen LogP contribution < -0.4 is 0 Å². The molecule has 1 unspecified atom stereocenters. The van der Waals surface area contributed by atoms with Crippen LogP contribution in [0.3, 0.4) is 0 Å². The van der Waals surface area contributed by atoms with Crippen molar-refractivity contribution in [3.63, 3.8) is 0 Å². The van der Waals surface area contributed by atoms with E-state index >= 15 is 0 Å². The lowest BCUT2D eigenvalue weighted by atomic mass is 10.00. The summed E-state index contributed by atoms with van der Waals surface area (Å²) in [5.74, 6) is -1.37. The topological polar surface area (TPSA) is 46.3 Å². The molecule has 1 aliphatic rings. The Bertz CT molecular complexity index is 699. The number of carbonyl (C=O) groups is 1. The number of likely N-dealkylation sites (tertiary alicyclic amines) is 1. The summed E-state index contributed by atoms with van der Waals surface area (Å²) < 4.78 is 31.3. The van der Waals surface area contributed by atoms with E-state index in [1.165, 1.54) is 12.1 Å². The molecule has 2 heterocycles. The van der Waals surface area contributed by atoms with E-state index in [1.54, 1.807) is 4.90 Å². The van der Waals surface area contributed by atoms with Gasteiger partial charge in [-0.1, -0.05) is 12.1 Å². The van der Waals surface area contributed by atoms with Crippen molar-refractivity contribution >= 4 is 5.91 Å². The van der Waals surface area contributed by atoms with Gasteiger partial charge in [-0.05, 0) is 37.0 Å². The molecule has 4 nitrogen and oxygen atoms in total. The first-order valence-electron chi connectivity index (χ1n) is 7.26. The molecule has 0 bridgehead atoms. The number of nitrogens with zero attached hydrogens (tertiary/aromatic N) is 2. The quantitative estimate of drug-likeness (QED) is 0.853. The number of hydrogen-bond acceptors (Lipinski definition) is 3. The molecule has 1 aromatic carbocycles. The largest absolute Gasteiger partial charge is 0.355 e. The summed E-state index contributed by atoms with van der Waals surface area (Å²) in [7, 11) is 0. The first-order chi connectivity index (χ1) is 10.5. The van der Waals surface area contributed by atoms with Crippen LogP contribution in [0.2, 0.25) is 0 Å². The Kier molecular flexibility index (Phi) is 3.92. The van der Waals surface area contributed by atoms with Crippen LogP contribution in [0.5, 0.6) is 0 Å². The number of hydrogen-bond donors (Lipinski definition) is 0. The van der Waals surface area contributed by atoms with E-state index in [0.717, 1.165) is 25.0 Å². The fraction of sp³-hybridized carbons (Fsp3) is 0.375. The van der Waals surface area contributed by atoms with Gasteiger partial charge in [-0.25, -0.2) is 8.78 Å². The second-order valence-electron chi connectivity index (χ2n) is 5.70. The second-order valence-corrected chi connectivity index (χ2v) is 5.70. The van der Waals surface area contributed by atoms with Crippen molar-refractivity contribution < 1.29 is 18.1 Å². The summed E-state index contributed by atoms with van der Waals surface area (Å²) in [6.07, 6.45) is 2.09. The van der Waals surface area contributed by atoms with Crippen LogP contribution in [0.4, 0.5) is 8.78 Å². The van der Waals surface area contributed by atoms with Crippen molar-refractivity contribution in [2.75, 3.05) is 13.1 Å². The summed E-state index contributed by atoms with van der Waals surface area (Å²) in [4.78, 5) is 14.1. The molecule has 22 heavy (non-hydrogen) atoms. The summed E-state index contributed by atoms with van der Waals surface area (Å²) in [6.45, 7) is 3.51. The lowest BCUT2D eigenvalue weighted by molar-refractivity contribution is 0.0672. The van der Waals surface area contributed by atoms with Crippen molar-refractivity contribution in [1.82, 2.24) is 10.1 Å². The van der Waals surface area contributed by atoms with Gasteiger partial charge in [-0.2, -0.15) is 0 Å². The van der Waals surface area contributed by atoms with Gasteiger partial charge >= 0.3 is 0 Å². The summed E-state index contributed by atoms with van der Waals surface area (Å²) in [6, 6.07) is 4.89. The Morgan fingerprint density at radius 1 is 1.32 bits per heavy atom. The number of rotatable bonds is 2. The number of aromatic nitrogens is 1. The van der Waals surface area contributed by atoms with E-state index in [0.29, 0.717) is 24.6 Å². The summed E-state index contributed by atoms with van der Waals surface area (Å²) in [5, 5.41) is 3.76. The van der Waals surface area contributed by atoms with Crippen LogP contribution in [-0.2, 0) is 0 Å². The molecule has 3 rings (SSSR count). The van der Waals surface area contributed by atoms with E-state index in [-0.39, 0.29) is 17.4 Å². The van der Waals surface area contributed by atoms with Crippen LogP contribution in [0.15, 0.2) is 28.8 Å². The highest BCUT2D eigenvalue weighted by Gasteiger charge is 2.24. The van der Waals surface area contributed by atoms with Gasteiger partial charge in [0.2, 0.25) is 0 Å². The van der Waals surface area contributed by atoms with Crippen LogP contribution >= 0.6 is 0 Å². The molecule has 0 N–H and O–H groups in total. The minimum atomic E-state index is -0.966. The molecule has 0 radical (unpaired) electrons. The zero-order chi connectivity index (χ0) is 15.7. The lowest BCUT2D eigenvalue weighted by Crippen LogP contribution is -2.39. The lowest BCUT2D eigenvalue weighted by Gasteiger charge is -2.30. The Morgan fingerprint density at radius 2 is 2.14 bits per heavy atom. The smallest absolute Gasteiger partial charge is 0.276 e. The molecule has 2 aromatic rings. The monoisotopic (exact) mass is 306 g/mol. The summed E-state index contributed by atoms with van der Waals surface area (Å²) in [5.41, 5.74) is 0.534. The predicted octanol–water partition coefficient (Wildman–Crippen LogP) is 3.49. The van der Waals surface area contributed by atoms with E-state index in [2.05, 4.69) is 12.1 Å². The van der Waals surface area contributed by atoms with Crippen molar-refractivity contribution in [3.8, 4) is 11.3 Å². The van der Waals surface area contributed by atoms with Gasteiger partial charge in [0.1, 0.15) is 0 Å². The average molecular weight is 306 g/mol.